The number of rotatable bonds is 35. The number of unbranched alkanes of at least 4 members (excludes halogenated alkanes) is 20. The van der Waals surface area contributed by atoms with E-state index in [2.05, 4.69) is 38.2 Å². The van der Waals surface area contributed by atoms with Gasteiger partial charge in [-0.05, 0) is 44.9 Å². The summed E-state index contributed by atoms with van der Waals surface area (Å²) in [7, 11) is 0. The van der Waals surface area contributed by atoms with Crippen LogP contribution in [0.2, 0.25) is 0 Å². The van der Waals surface area contributed by atoms with Crippen LogP contribution in [0, 0.1) is 0 Å². The number of carbonyl (C=O) groups is 2. The number of hydrogen-bond donors (Lipinski definition) is 6. The fourth-order valence-electron chi connectivity index (χ4n) is 7.04. The van der Waals surface area contributed by atoms with Crippen LogP contribution >= 0.6 is 0 Å². The van der Waals surface area contributed by atoms with Crippen LogP contribution in [0.5, 0.6) is 0 Å². The van der Waals surface area contributed by atoms with Crippen LogP contribution in [-0.4, -0.2) is 97.8 Å². The Balaban J connectivity index is 2.76. The summed E-state index contributed by atoms with van der Waals surface area (Å²) < 4.78 is 11.5. The molecule has 0 aromatic rings. The molecule has 1 heterocycles. The third-order valence-corrected chi connectivity index (χ3v) is 10.5. The molecule has 0 amide bonds. The van der Waals surface area contributed by atoms with E-state index in [4.69, 9.17) is 9.47 Å². The van der Waals surface area contributed by atoms with Crippen molar-refractivity contribution in [2.24, 2.45) is 0 Å². The number of aliphatic hydroxyl groups is 6. The monoisotopic (exact) mass is 755 g/mol. The molecule has 1 rings (SSSR count). The second kappa shape index (κ2) is 30.7. The molecule has 1 saturated heterocycles. The van der Waals surface area contributed by atoms with Gasteiger partial charge in [-0.1, -0.05) is 147 Å². The Kier molecular flexibility index (Phi) is 28.7. The van der Waals surface area contributed by atoms with Gasteiger partial charge >= 0.3 is 0 Å². The van der Waals surface area contributed by atoms with Crippen molar-refractivity contribution in [2.75, 3.05) is 19.8 Å². The van der Waals surface area contributed by atoms with Gasteiger partial charge in [-0.25, -0.2) is 0 Å². The van der Waals surface area contributed by atoms with Crippen LogP contribution in [-0.2, 0) is 19.1 Å². The Morgan fingerprint density at radius 3 is 1.58 bits per heavy atom. The summed E-state index contributed by atoms with van der Waals surface area (Å²) in [6, 6.07) is 0. The van der Waals surface area contributed by atoms with Crippen molar-refractivity contribution in [3.05, 3.63) is 24.3 Å². The van der Waals surface area contributed by atoms with Gasteiger partial charge in [0, 0.05) is 12.8 Å². The molecule has 0 saturated carbocycles. The zero-order chi connectivity index (χ0) is 39.2. The van der Waals surface area contributed by atoms with Crippen molar-refractivity contribution in [1.82, 2.24) is 0 Å². The van der Waals surface area contributed by atoms with E-state index in [9.17, 15) is 40.2 Å². The van der Waals surface area contributed by atoms with E-state index in [-0.39, 0.29) is 12.8 Å². The third-order valence-electron chi connectivity index (χ3n) is 10.5. The molecule has 0 aromatic carbocycles. The zero-order valence-electron chi connectivity index (χ0n) is 33.4. The van der Waals surface area contributed by atoms with Crippen molar-refractivity contribution >= 4 is 11.6 Å². The molecule has 0 bridgehead atoms. The van der Waals surface area contributed by atoms with Gasteiger partial charge in [0.05, 0.1) is 19.8 Å². The highest BCUT2D eigenvalue weighted by Gasteiger charge is 2.71. The average Bonchev–Trinajstić information content (AvgIpc) is 3.16. The summed E-state index contributed by atoms with van der Waals surface area (Å²) >= 11 is 0. The topological polar surface area (TPSA) is 174 Å². The third kappa shape index (κ3) is 18.3. The number of ketones is 2. The lowest BCUT2D eigenvalue weighted by atomic mass is 9.73. The summed E-state index contributed by atoms with van der Waals surface area (Å²) in [6.07, 6.45) is 26.3. The molecule has 10 nitrogen and oxygen atoms in total. The SMILES string of the molecule is CCCCC/C=C\C/C=C\CCCCCCCC(=O)[C@@]1(O)[C@@H](O)[C@@H](O)[C@@H](CO)OC1(OCC(O)CO)C(=O)CCCCCCCCCCCCCCC. The van der Waals surface area contributed by atoms with Gasteiger partial charge in [0.1, 0.15) is 24.4 Å². The molecule has 53 heavy (non-hydrogen) atoms. The normalized spacial score (nSPS) is 24.0. The predicted molar refractivity (Wildman–Crippen MR) is 210 cm³/mol. The fraction of sp³-hybridized carbons (Fsp3) is 0.860. The molecule has 310 valence electrons. The molecule has 1 aliphatic rings. The van der Waals surface area contributed by atoms with Gasteiger partial charge < -0.3 is 40.1 Å². The van der Waals surface area contributed by atoms with Gasteiger partial charge in [0.2, 0.25) is 5.60 Å². The van der Waals surface area contributed by atoms with Crippen LogP contribution in [0.4, 0.5) is 0 Å². The minimum atomic E-state index is -3.00. The highest BCUT2D eigenvalue weighted by atomic mass is 16.7. The summed E-state index contributed by atoms with van der Waals surface area (Å²) in [5, 5.41) is 63.5. The van der Waals surface area contributed by atoms with E-state index >= 15 is 0 Å². The Morgan fingerprint density at radius 2 is 1.09 bits per heavy atom. The summed E-state index contributed by atoms with van der Waals surface area (Å²) in [5.74, 6) is -4.55. The van der Waals surface area contributed by atoms with Crippen molar-refractivity contribution in [2.45, 2.75) is 217 Å². The Labute approximate surface area is 321 Å². The van der Waals surface area contributed by atoms with Gasteiger partial charge in [0.15, 0.2) is 11.6 Å². The maximum atomic E-state index is 14.0. The number of ether oxygens (including phenoxy) is 2. The Bertz CT molecular complexity index is 986. The summed E-state index contributed by atoms with van der Waals surface area (Å²) in [5.41, 5.74) is -3.00. The number of carbonyl (C=O) groups excluding carboxylic acids is 2. The molecule has 6 N–H and O–H groups in total. The first-order chi connectivity index (χ1) is 25.7. The highest BCUT2D eigenvalue weighted by molar-refractivity contribution is 5.99. The molecule has 10 heteroatoms. The smallest absolute Gasteiger partial charge is 0.269 e. The van der Waals surface area contributed by atoms with E-state index in [1.165, 1.54) is 70.6 Å². The lowest BCUT2D eigenvalue weighted by Gasteiger charge is -2.53. The number of hydrogen-bond acceptors (Lipinski definition) is 10. The minimum absolute atomic E-state index is 0.159. The van der Waals surface area contributed by atoms with Gasteiger partial charge in [0.25, 0.3) is 5.79 Å². The molecular weight excluding hydrogens is 676 g/mol. The van der Waals surface area contributed by atoms with Crippen LogP contribution < -0.4 is 0 Å². The van der Waals surface area contributed by atoms with Gasteiger partial charge in [-0.2, -0.15) is 0 Å². The molecule has 0 aromatic heterocycles. The largest absolute Gasteiger partial charge is 0.394 e. The standard InChI is InChI=1S/C43H78O10/c1-3-5-7-9-11-13-15-17-18-20-21-23-25-27-29-31-38(47)42(51)41(50)40(49)37(34-45)53-43(42,52-35-36(46)33-44)39(48)32-30-28-26-24-22-19-16-14-12-10-8-6-4-2/h11,13,17-18,36-37,40-41,44-46,49-51H,3-10,12,14-16,19-35H2,1-2H3/b13-11-,18-17-/t36?,37-,40+,41+,42-,43?/m1/s1. The second-order valence-electron chi connectivity index (χ2n) is 15.1. The van der Waals surface area contributed by atoms with Crippen molar-refractivity contribution < 1.29 is 49.7 Å². The number of allylic oxidation sites excluding steroid dienone is 4. The van der Waals surface area contributed by atoms with E-state index in [0.29, 0.717) is 25.7 Å². The zero-order valence-corrected chi connectivity index (χ0v) is 33.4. The first kappa shape index (κ1) is 49.5. The quantitative estimate of drug-likeness (QED) is 0.0284. The summed E-state index contributed by atoms with van der Waals surface area (Å²) in [4.78, 5) is 27.8. The minimum Gasteiger partial charge on any atom is -0.394 e. The molecule has 1 fully saturated rings. The van der Waals surface area contributed by atoms with Crippen molar-refractivity contribution in [3.63, 3.8) is 0 Å². The molecule has 0 radical (unpaired) electrons. The first-order valence-corrected chi connectivity index (χ1v) is 21.3. The molecule has 6 atom stereocenters. The first-order valence-electron chi connectivity index (χ1n) is 21.3. The van der Waals surface area contributed by atoms with Crippen molar-refractivity contribution in [3.8, 4) is 0 Å². The molecule has 1 aliphatic heterocycles. The highest BCUT2D eigenvalue weighted by Crippen LogP contribution is 2.43. The second-order valence-corrected chi connectivity index (χ2v) is 15.1. The van der Waals surface area contributed by atoms with Crippen LogP contribution in [0.15, 0.2) is 24.3 Å². The molecule has 0 spiro atoms. The lowest BCUT2D eigenvalue weighted by molar-refractivity contribution is -0.372. The van der Waals surface area contributed by atoms with Crippen molar-refractivity contribution in [1.29, 1.82) is 0 Å². The van der Waals surface area contributed by atoms with Gasteiger partial charge in [-0.15, -0.1) is 0 Å². The van der Waals surface area contributed by atoms with Crippen LogP contribution in [0.25, 0.3) is 0 Å². The van der Waals surface area contributed by atoms with Gasteiger partial charge in [-0.3, -0.25) is 9.59 Å². The van der Waals surface area contributed by atoms with Crippen LogP contribution in [0.1, 0.15) is 181 Å². The van der Waals surface area contributed by atoms with Crippen LogP contribution in [0.3, 0.4) is 0 Å². The Morgan fingerprint density at radius 1 is 0.660 bits per heavy atom. The maximum Gasteiger partial charge on any atom is 0.269 e. The molecule has 0 aliphatic carbocycles. The van der Waals surface area contributed by atoms with E-state index in [0.717, 1.165) is 57.8 Å². The molecule has 2 unspecified atom stereocenters. The average molecular weight is 755 g/mol. The Hall–Kier alpha value is -1.50. The van der Waals surface area contributed by atoms with E-state index in [1.807, 2.05) is 0 Å². The maximum absolute atomic E-state index is 14.0. The van der Waals surface area contributed by atoms with E-state index < -0.39 is 67.2 Å². The fourth-order valence-corrected chi connectivity index (χ4v) is 7.04. The molecular formula is C43H78O10. The predicted octanol–water partition coefficient (Wildman–Crippen LogP) is 7.33. The number of Topliss-reactive ketones (excluding diaryl/α,β-unsaturated/α-hetero) is 2. The lowest BCUT2D eigenvalue weighted by Crippen LogP contribution is -2.79. The van der Waals surface area contributed by atoms with E-state index in [1.54, 1.807) is 0 Å². The summed E-state index contributed by atoms with van der Waals surface area (Å²) in [6.45, 7) is 2.18. The number of aliphatic hydroxyl groups excluding tert-OH is 5.